The molecule has 2 amide bonds. The molecule has 10 heteroatoms. The first-order valence-corrected chi connectivity index (χ1v) is 12.6. The molecule has 3 aromatic carbocycles. The van der Waals surface area contributed by atoms with E-state index in [0.717, 1.165) is 26.2 Å². The van der Waals surface area contributed by atoms with Gasteiger partial charge in [0.25, 0.3) is 11.9 Å². The van der Waals surface area contributed by atoms with Crippen LogP contribution in [0.5, 0.6) is 0 Å². The Balaban J connectivity index is 1.26. The smallest absolute Gasteiger partial charge is 0.277 e. The number of aromatic amines is 1. The number of anilines is 2. The Labute approximate surface area is 221 Å². The van der Waals surface area contributed by atoms with Gasteiger partial charge in [-0.05, 0) is 28.5 Å². The molecule has 0 bridgehead atoms. The summed E-state index contributed by atoms with van der Waals surface area (Å²) in [7, 11) is 0. The van der Waals surface area contributed by atoms with E-state index in [1.165, 1.54) is 16.0 Å². The minimum Gasteiger partial charge on any atom is -0.366 e. The SMILES string of the molecule is NC(=O)c1ccccc1N(C(=O)CCN1CCN(C(c2ccccc2)c2ccccc2)CC1)c1nn[nH]n1. The molecule has 0 saturated carbocycles. The molecular weight excluding hydrogens is 480 g/mol. The van der Waals surface area contributed by atoms with Gasteiger partial charge in [-0.3, -0.25) is 14.5 Å². The van der Waals surface area contributed by atoms with Crippen LogP contribution in [-0.2, 0) is 4.79 Å². The molecule has 0 unspecified atom stereocenters. The second-order valence-electron chi connectivity index (χ2n) is 9.17. The lowest BCUT2D eigenvalue weighted by molar-refractivity contribution is -0.118. The first-order valence-electron chi connectivity index (χ1n) is 12.6. The molecule has 0 aliphatic carbocycles. The van der Waals surface area contributed by atoms with Crippen molar-refractivity contribution in [3.8, 4) is 0 Å². The molecule has 10 nitrogen and oxygen atoms in total. The van der Waals surface area contributed by atoms with E-state index >= 15 is 0 Å². The molecule has 4 aromatic rings. The summed E-state index contributed by atoms with van der Waals surface area (Å²) in [5.74, 6) is -0.805. The molecule has 1 saturated heterocycles. The Morgan fingerprint density at radius 1 is 0.868 bits per heavy atom. The van der Waals surface area contributed by atoms with Crippen LogP contribution in [0, 0.1) is 0 Å². The second kappa shape index (κ2) is 11.8. The van der Waals surface area contributed by atoms with Crippen molar-refractivity contribution in [1.29, 1.82) is 0 Å². The Morgan fingerprint density at radius 2 is 1.47 bits per heavy atom. The molecule has 2 heterocycles. The maximum Gasteiger partial charge on any atom is 0.277 e. The van der Waals surface area contributed by atoms with Crippen molar-refractivity contribution in [1.82, 2.24) is 30.4 Å². The van der Waals surface area contributed by atoms with Gasteiger partial charge in [0.15, 0.2) is 0 Å². The highest BCUT2D eigenvalue weighted by molar-refractivity contribution is 6.06. The lowest BCUT2D eigenvalue weighted by Gasteiger charge is -2.40. The van der Waals surface area contributed by atoms with Crippen molar-refractivity contribution < 1.29 is 9.59 Å². The fraction of sp³-hybridized carbons (Fsp3) is 0.250. The van der Waals surface area contributed by atoms with Crippen molar-refractivity contribution in [2.75, 3.05) is 37.6 Å². The van der Waals surface area contributed by atoms with Gasteiger partial charge in [0.05, 0.1) is 17.3 Å². The van der Waals surface area contributed by atoms with Crippen LogP contribution in [0.25, 0.3) is 0 Å². The highest BCUT2D eigenvalue weighted by Crippen LogP contribution is 2.30. The predicted octanol–water partition coefficient (Wildman–Crippen LogP) is 2.76. The monoisotopic (exact) mass is 510 g/mol. The van der Waals surface area contributed by atoms with E-state index in [4.69, 9.17) is 5.73 Å². The van der Waals surface area contributed by atoms with E-state index in [1.54, 1.807) is 24.3 Å². The topological polar surface area (TPSA) is 124 Å². The number of aromatic nitrogens is 4. The summed E-state index contributed by atoms with van der Waals surface area (Å²) in [5.41, 5.74) is 8.66. The van der Waals surface area contributed by atoms with Crippen LogP contribution in [0.15, 0.2) is 84.9 Å². The molecule has 1 aromatic heterocycles. The summed E-state index contributed by atoms with van der Waals surface area (Å²) in [6, 6.07) is 28.0. The van der Waals surface area contributed by atoms with E-state index in [2.05, 4.69) is 79.0 Å². The number of para-hydroxylation sites is 1. The van der Waals surface area contributed by atoms with Gasteiger partial charge in [-0.25, -0.2) is 4.90 Å². The summed E-state index contributed by atoms with van der Waals surface area (Å²) in [6.07, 6.45) is 0.225. The minimum atomic E-state index is -0.635. The standard InChI is InChI=1S/C28H30N8O2/c29-27(38)23-13-7-8-14-24(23)36(28-30-32-33-31-28)25(37)15-16-34-17-19-35(20-18-34)26(21-9-3-1-4-10-21)22-11-5-2-6-12-22/h1-14,26H,15-20H2,(H2,29,38)(H,30,31,32,33). The summed E-state index contributed by atoms with van der Waals surface area (Å²) in [4.78, 5) is 31.5. The van der Waals surface area contributed by atoms with Crippen molar-refractivity contribution in [3.63, 3.8) is 0 Å². The van der Waals surface area contributed by atoms with Crippen molar-refractivity contribution >= 4 is 23.5 Å². The summed E-state index contributed by atoms with van der Waals surface area (Å²) in [5, 5.41) is 13.9. The van der Waals surface area contributed by atoms with Gasteiger partial charge >= 0.3 is 0 Å². The van der Waals surface area contributed by atoms with Gasteiger partial charge in [0.1, 0.15) is 0 Å². The van der Waals surface area contributed by atoms with Crippen molar-refractivity contribution in [2.24, 2.45) is 5.73 Å². The number of carbonyl (C=O) groups is 2. The Bertz CT molecular complexity index is 1300. The number of hydrogen-bond donors (Lipinski definition) is 2. The number of nitrogens with zero attached hydrogens (tertiary/aromatic N) is 6. The van der Waals surface area contributed by atoms with Gasteiger partial charge in [0, 0.05) is 39.1 Å². The first-order chi connectivity index (χ1) is 18.6. The summed E-state index contributed by atoms with van der Waals surface area (Å²) in [6.45, 7) is 4.00. The van der Waals surface area contributed by atoms with Crippen molar-refractivity contribution in [2.45, 2.75) is 12.5 Å². The second-order valence-corrected chi connectivity index (χ2v) is 9.17. The average Bonchev–Trinajstić information content (AvgIpc) is 3.49. The van der Waals surface area contributed by atoms with Gasteiger partial charge in [-0.15, -0.1) is 5.10 Å². The number of amides is 2. The molecule has 1 aliphatic rings. The fourth-order valence-corrected chi connectivity index (χ4v) is 4.98. The van der Waals surface area contributed by atoms with Crippen LogP contribution < -0.4 is 10.6 Å². The van der Waals surface area contributed by atoms with Crippen LogP contribution in [0.3, 0.4) is 0 Å². The highest BCUT2D eigenvalue weighted by Gasteiger charge is 2.29. The molecule has 0 atom stereocenters. The van der Waals surface area contributed by atoms with Crippen molar-refractivity contribution in [3.05, 3.63) is 102 Å². The number of rotatable bonds is 9. The zero-order valence-electron chi connectivity index (χ0n) is 21.0. The van der Waals surface area contributed by atoms with Gasteiger partial charge < -0.3 is 10.6 Å². The molecule has 194 valence electrons. The van der Waals surface area contributed by atoms with E-state index in [1.807, 2.05) is 12.1 Å². The molecule has 38 heavy (non-hydrogen) atoms. The minimum absolute atomic E-state index is 0.0714. The average molecular weight is 511 g/mol. The number of nitrogens with two attached hydrogens (primary N) is 1. The van der Waals surface area contributed by atoms with E-state index in [-0.39, 0.29) is 29.9 Å². The fourth-order valence-electron chi connectivity index (χ4n) is 4.98. The molecule has 3 N–H and O–H groups in total. The van der Waals surface area contributed by atoms with Gasteiger partial charge in [0.2, 0.25) is 5.91 Å². The molecular formula is C28H30N8O2. The van der Waals surface area contributed by atoms with E-state index in [9.17, 15) is 9.59 Å². The van der Waals surface area contributed by atoms with Crippen LogP contribution >= 0.6 is 0 Å². The number of carbonyl (C=O) groups excluding carboxylic acids is 2. The summed E-state index contributed by atoms with van der Waals surface area (Å²) >= 11 is 0. The third-order valence-corrected chi connectivity index (χ3v) is 6.84. The van der Waals surface area contributed by atoms with Gasteiger partial charge in [-0.1, -0.05) is 77.9 Å². The number of benzene rings is 3. The van der Waals surface area contributed by atoms with E-state index < -0.39 is 5.91 Å². The molecule has 5 rings (SSSR count). The third-order valence-electron chi connectivity index (χ3n) is 6.84. The lowest BCUT2D eigenvalue weighted by Crippen LogP contribution is -2.48. The normalized spacial score (nSPS) is 14.4. The Hall–Kier alpha value is -4.41. The number of primary amides is 1. The highest BCUT2D eigenvalue weighted by atomic mass is 16.2. The molecule has 0 spiro atoms. The Morgan fingerprint density at radius 3 is 2.05 bits per heavy atom. The number of hydrogen-bond acceptors (Lipinski definition) is 7. The molecule has 1 fully saturated rings. The largest absolute Gasteiger partial charge is 0.366 e. The first kappa shape index (κ1) is 25.2. The molecule has 0 radical (unpaired) electrons. The van der Waals surface area contributed by atoms with Crippen LogP contribution in [0.4, 0.5) is 11.6 Å². The van der Waals surface area contributed by atoms with Crippen LogP contribution in [0.2, 0.25) is 0 Å². The quantitative estimate of drug-likeness (QED) is 0.355. The van der Waals surface area contributed by atoms with Gasteiger partial charge in [-0.2, -0.15) is 5.21 Å². The maximum absolute atomic E-state index is 13.4. The number of tetrazole rings is 1. The summed E-state index contributed by atoms with van der Waals surface area (Å²) < 4.78 is 0. The molecule has 1 aliphatic heterocycles. The third kappa shape index (κ3) is 5.61. The van der Waals surface area contributed by atoms with Crippen LogP contribution in [0.1, 0.15) is 33.9 Å². The lowest BCUT2D eigenvalue weighted by atomic mass is 9.96. The maximum atomic E-state index is 13.4. The predicted molar refractivity (Wildman–Crippen MR) is 144 cm³/mol. The zero-order chi connectivity index (χ0) is 26.3. The zero-order valence-corrected chi connectivity index (χ0v) is 21.0. The Kier molecular flexibility index (Phi) is 7.81. The van der Waals surface area contributed by atoms with E-state index in [0.29, 0.717) is 12.2 Å². The number of nitrogens with one attached hydrogen (secondary N) is 1. The van der Waals surface area contributed by atoms with Crippen LogP contribution in [-0.4, -0.2) is 75.0 Å². The number of piperazine rings is 1. The number of H-pyrrole nitrogens is 1.